The van der Waals surface area contributed by atoms with E-state index < -0.39 is 6.10 Å². The number of carbonyl (C=O) groups excluding carboxylic acids is 1. The number of carbonyl (C=O) groups is 1. The molecule has 1 fully saturated rings. The zero-order valence-corrected chi connectivity index (χ0v) is 9.85. The molecule has 1 unspecified atom stereocenters. The van der Waals surface area contributed by atoms with Crippen LogP contribution in [0.2, 0.25) is 0 Å². The average Bonchev–Trinajstić information content (AvgIpc) is 2.33. The van der Waals surface area contributed by atoms with Crippen molar-refractivity contribution in [3.8, 4) is 0 Å². The van der Waals surface area contributed by atoms with Crippen LogP contribution in [-0.4, -0.2) is 30.0 Å². The lowest BCUT2D eigenvalue weighted by Gasteiger charge is -2.21. The molecular formula is C12H13FO2S. The quantitative estimate of drug-likeness (QED) is 0.743. The largest absolute Gasteiger partial charge is 0.368 e. The van der Waals surface area contributed by atoms with E-state index in [0.29, 0.717) is 23.5 Å². The Morgan fingerprint density at radius 2 is 2.38 bits per heavy atom. The number of Topliss-reactive ketones (excluding diaryl/α,β-unsaturated/α-hetero) is 1. The second kappa shape index (κ2) is 4.97. The predicted octanol–water partition coefficient (Wildman–Crippen LogP) is 2.45. The van der Waals surface area contributed by atoms with Gasteiger partial charge < -0.3 is 4.74 Å². The molecule has 0 N–H and O–H groups in total. The monoisotopic (exact) mass is 240 g/mol. The SMILES string of the molecule is Cc1ccc(C(=O)C2CSCCO2)cc1F. The third-order valence-corrected chi connectivity index (χ3v) is 3.56. The minimum Gasteiger partial charge on any atom is -0.368 e. The van der Waals surface area contributed by atoms with Crippen molar-refractivity contribution in [1.29, 1.82) is 0 Å². The Morgan fingerprint density at radius 1 is 1.56 bits per heavy atom. The minimum atomic E-state index is -0.416. The Labute approximate surface area is 98.2 Å². The van der Waals surface area contributed by atoms with Crippen molar-refractivity contribution < 1.29 is 13.9 Å². The molecule has 0 saturated carbocycles. The lowest BCUT2D eigenvalue weighted by Crippen LogP contribution is -2.31. The molecule has 0 radical (unpaired) electrons. The number of ketones is 1. The van der Waals surface area contributed by atoms with Gasteiger partial charge in [0, 0.05) is 17.1 Å². The van der Waals surface area contributed by atoms with E-state index in [1.807, 2.05) is 0 Å². The molecule has 1 aliphatic heterocycles. The summed E-state index contributed by atoms with van der Waals surface area (Å²) in [6.07, 6.45) is -0.416. The predicted molar refractivity (Wildman–Crippen MR) is 62.5 cm³/mol. The molecule has 4 heteroatoms. The van der Waals surface area contributed by atoms with E-state index in [1.54, 1.807) is 30.8 Å². The lowest BCUT2D eigenvalue weighted by atomic mass is 10.0. The van der Waals surface area contributed by atoms with E-state index in [-0.39, 0.29) is 11.6 Å². The first-order valence-corrected chi connectivity index (χ1v) is 6.33. The fourth-order valence-corrected chi connectivity index (χ4v) is 2.41. The molecule has 1 saturated heterocycles. The van der Waals surface area contributed by atoms with E-state index >= 15 is 0 Å². The number of aryl methyl sites for hydroxylation is 1. The van der Waals surface area contributed by atoms with Gasteiger partial charge in [-0.1, -0.05) is 12.1 Å². The molecule has 2 rings (SSSR count). The van der Waals surface area contributed by atoms with E-state index in [1.165, 1.54) is 6.07 Å². The molecule has 1 heterocycles. The van der Waals surface area contributed by atoms with Gasteiger partial charge in [0.15, 0.2) is 5.78 Å². The highest BCUT2D eigenvalue weighted by atomic mass is 32.2. The van der Waals surface area contributed by atoms with Crippen LogP contribution in [0.5, 0.6) is 0 Å². The maximum atomic E-state index is 13.3. The molecule has 1 aliphatic rings. The van der Waals surface area contributed by atoms with Crippen molar-refractivity contribution in [3.05, 3.63) is 35.1 Å². The molecule has 0 aromatic heterocycles. The van der Waals surface area contributed by atoms with Crippen LogP contribution in [0.3, 0.4) is 0 Å². The fraction of sp³-hybridized carbons (Fsp3) is 0.417. The first-order chi connectivity index (χ1) is 7.68. The van der Waals surface area contributed by atoms with E-state index in [2.05, 4.69) is 0 Å². The zero-order chi connectivity index (χ0) is 11.5. The second-order valence-corrected chi connectivity index (χ2v) is 4.91. The normalized spacial score (nSPS) is 20.8. The van der Waals surface area contributed by atoms with Gasteiger partial charge in [0.05, 0.1) is 6.61 Å². The van der Waals surface area contributed by atoms with Crippen molar-refractivity contribution in [2.24, 2.45) is 0 Å². The summed E-state index contributed by atoms with van der Waals surface area (Å²) in [6.45, 7) is 2.27. The summed E-state index contributed by atoms with van der Waals surface area (Å²) in [5.41, 5.74) is 0.950. The molecule has 0 spiro atoms. The summed E-state index contributed by atoms with van der Waals surface area (Å²) in [7, 11) is 0. The zero-order valence-electron chi connectivity index (χ0n) is 9.03. The Bertz CT molecular complexity index is 400. The third-order valence-electron chi connectivity index (χ3n) is 2.56. The summed E-state index contributed by atoms with van der Waals surface area (Å²) in [5.74, 6) is 1.13. The van der Waals surface area contributed by atoms with Crippen molar-refractivity contribution >= 4 is 17.5 Å². The molecule has 0 bridgehead atoms. The molecule has 2 nitrogen and oxygen atoms in total. The standard InChI is InChI=1S/C12H13FO2S/c1-8-2-3-9(6-10(8)13)12(14)11-7-16-5-4-15-11/h2-3,6,11H,4-5,7H2,1H3. The number of rotatable bonds is 2. The van der Waals surface area contributed by atoms with Crippen LogP contribution in [0.1, 0.15) is 15.9 Å². The van der Waals surface area contributed by atoms with Crippen LogP contribution < -0.4 is 0 Å². The van der Waals surface area contributed by atoms with Gasteiger partial charge in [-0.05, 0) is 18.6 Å². The summed E-state index contributed by atoms with van der Waals surface area (Å²) in [4.78, 5) is 12.0. The molecule has 16 heavy (non-hydrogen) atoms. The van der Waals surface area contributed by atoms with Gasteiger partial charge in [-0.25, -0.2) is 4.39 Å². The maximum absolute atomic E-state index is 13.3. The number of halogens is 1. The second-order valence-electron chi connectivity index (χ2n) is 3.76. The highest BCUT2D eigenvalue weighted by Gasteiger charge is 2.23. The van der Waals surface area contributed by atoms with Gasteiger partial charge in [0.2, 0.25) is 0 Å². The van der Waals surface area contributed by atoms with Gasteiger partial charge in [0.1, 0.15) is 11.9 Å². The molecule has 1 atom stereocenters. The first kappa shape index (κ1) is 11.6. The van der Waals surface area contributed by atoms with E-state index in [9.17, 15) is 9.18 Å². The van der Waals surface area contributed by atoms with Gasteiger partial charge in [-0.15, -0.1) is 0 Å². The minimum absolute atomic E-state index is 0.119. The van der Waals surface area contributed by atoms with Gasteiger partial charge >= 0.3 is 0 Å². The summed E-state index contributed by atoms with van der Waals surface area (Å²) >= 11 is 1.69. The Kier molecular flexibility index (Phi) is 3.61. The lowest BCUT2D eigenvalue weighted by molar-refractivity contribution is 0.0518. The van der Waals surface area contributed by atoms with E-state index in [0.717, 1.165) is 5.75 Å². The third kappa shape index (κ3) is 2.44. The summed E-state index contributed by atoms with van der Waals surface area (Å²) in [5, 5.41) is 0. The smallest absolute Gasteiger partial charge is 0.192 e. The summed E-state index contributed by atoms with van der Waals surface area (Å²) in [6, 6.07) is 4.57. The Hall–Kier alpha value is -0.870. The van der Waals surface area contributed by atoms with Crippen LogP contribution in [0, 0.1) is 12.7 Å². The van der Waals surface area contributed by atoms with E-state index in [4.69, 9.17) is 4.74 Å². The maximum Gasteiger partial charge on any atom is 0.192 e. The Balaban J connectivity index is 2.16. The number of thioether (sulfide) groups is 1. The number of hydrogen-bond donors (Lipinski definition) is 0. The highest BCUT2D eigenvalue weighted by Crippen LogP contribution is 2.18. The molecule has 1 aromatic rings. The van der Waals surface area contributed by atoms with Gasteiger partial charge in [-0.2, -0.15) is 11.8 Å². The van der Waals surface area contributed by atoms with Crippen LogP contribution in [-0.2, 0) is 4.74 Å². The van der Waals surface area contributed by atoms with Gasteiger partial charge in [0.25, 0.3) is 0 Å². The molecule has 0 aliphatic carbocycles. The van der Waals surface area contributed by atoms with Crippen LogP contribution in [0.4, 0.5) is 4.39 Å². The van der Waals surface area contributed by atoms with Crippen LogP contribution >= 0.6 is 11.8 Å². The van der Waals surface area contributed by atoms with Crippen molar-refractivity contribution in [2.45, 2.75) is 13.0 Å². The van der Waals surface area contributed by atoms with Gasteiger partial charge in [-0.3, -0.25) is 4.79 Å². The Morgan fingerprint density at radius 3 is 3.00 bits per heavy atom. The van der Waals surface area contributed by atoms with Crippen molar-refractivity contribution in [2.75, 3.05) is 18.1 Å². The summed E-state index contributed by atoms with van der Waals surface area (Å²) < 4.78 is 18.7. The highest BCUT2D eigenvalue weighted by molar-refractivity contribution is 7.99. The van der Waals surface area contributed by atoms with Crippen LogP contribution in [0.25, 0.3) is 0 Å². The number of hydrogen-bond acceptors (Lipinski definition) is 3. The average molecular weight is 240 g/mol. The number of ether oxygens (including phenoxy) is 1. The molecule has 1 aromatic carbocycles. The fourth-order valence-electron chi connectivity index (χ4n) is 1.57. The molecule has 0 amide bonds. The topological polar surface area (TPSA) is 26.3 Å². The van der Waals surface area contributed by atoms with Crippen LogP contribution in [0.15, 0.2) is 18.2 Å². The molecule has 86 valence electrons. The van der Waals surface area contributed by atoms with Crippen molar-refractivity contribution in [1.82, 2.24) is 0 Å². The molecular weight excluding hydrogens is 227 g/mol. The number of benzene rings is 1. The first-order valence-electron chi connectivity index (χ1n) is 5.18. The van der Waals surface area contributed by atoms with Crippen molar-refractivity contribution in [3.63, 3.8) is 0 Å².